The first-order chi connectivity index (χ1) is 9.51. The zero-order valence-corrected chi connectivity index (χ0v) is 13.4. The molecule has 0 aliphatic rings. The summed E-state index contributed by atoms with van der Waals surface area (Å²) in [6.07, 6.45) is 1.29. The van der Waals surface area contributed by atoms with Crippen molar-refractivity contribution in [3.63, 3.8) is 0 Å². The van der Waals surface area contributed by atoms with Gasteiger partial charge < -0.3 is 9.30 Å². The monoisotopic (exact) mass is 294 g/mol. The molecule has 20 heavy (non-hydrogen) atoms. The third-order valence-electron chi connectivity index (χ3n) is 3.22. The summed E-state index contributed by atoms with van der Waals surface area (Å²) in [4.78, 5) is 4.63. The van der Waals surface area contributed by atoms with Crippen molar-refractivity contribution < 1.29 is 4.74 Å². The van der Waals surface area contributed by atoms with Crippen LogP contribution in [0.25, 0.3) is 11.0 Å². The first-order valence-electron chi connectivity index (χ1n) is 7.23. The Hall–Kier alpha value is -1.22. The predicted molar refractivity (Wildman–Crippen MR) is 84.5 cm³/mol. The summed E-state index contributed by atoms with van der Waals surface area (Å²) in [5.41, 5.74) is 2.10. The zero-order valence-electron chi connectivity index (χ0n) is 12.7. The second kappa shape index (κ2) is 6.49. The van der Waals surface area contributed by atoms with Crippen LogP contribution < -0.4 is 4.74 Å². The van der Waals surface area contributed by atoms with Gasteiger partial charge in [0.05, 0.1) is 23.0 Å². The number of rotatable bonds is 6. The highest BCUT2D eigenvalue weighted by molar-refractivity contribution is 6.16. The van der Waals surface area contributed by atoms with Crippen LogP contribution in [0.5, 0.6) is 5.75 Å². The molecule has 0 aliphatic carbocycles. The van der Waals surface area contributed by atoms with Crippen LogP contribution in [0.1, 0.15) is 39.9 Å². The number of hydrogen-bond donors (Lipinski definition) is 0. The molecule has 0 spiro atoms. The van der Waals surface area contributed by atoms with Crippen molar-refractivity contribution >= 4 is 22.6 Å². The molecule has 0 atom stereocenters. The molecular formula is C16H23ClN2O. The summed E-state index contributed by atoms with van der Waals surface area (Å²) in [6.45, 7) is 9.47. The van der Waals surface area contributed by atoms with E-state index in [1.54, 1.807) is 0 Å². The number of fused-ring (bicyclic) bond motifs is 1. The molecule has 0 unspecified atom stereocenters. The fourth-order valence-corrected chi connectivity index (χ4v) is 2.45. The third-order valence-corrected chi connectivity index (χ3v) is 3.46. The van der Waals surface area contributed by atoms with E-state index in [0.717, 1.165) is 35.6 Å². The lowest BCUT2D eigenvalue weighted by atomic mass is 10.1. The lowest BCUT2D eigenvalue weighted by Crippen LogP contribution is -2.06. The molecule has 0 N–H and O–H groups in total. The van der Waals surface area contributed by atoms with Crippen LogP contribution in [0.3, 0.4) is 0 Å². The molecular weight excluding hydrogens is 272 g/mol. The Morgan fingerprint density at radius 2 is 2.00 bits per heavy atom. The summed E-state index contributed by atoms with van der Waals surface area (Å²) in [6, 6.07) is 6.08. The Morgan fingerprint density at radius 3 is 2.60 bits per heavy atom. The average Bonchev–Trinajstić information content (AvgIpc) is 2.72. The van der Waals surface area contributed by atoms with Crippen molar-refractivity contribution in [2.45, 2.75) is 52.6 Å². The van der Waals surface area contributed by atoms with Crippen LogP contribution in [0.2, 0.25) is 0 Å². The highest BCUT2D eigenvalue weighted by Crippen LogP contribution is 2.24. The van der Waals surface area contributed by atoms with Gasteiger partial charge in [0.1, 0.15) is 11.6 Å². The molecule has 0 saturated carbocycles. The molecule has 0 saturated heterocycles. The van der Waals surface area contributed by atoms with Gasteiger partial charge in [-0.05, 0) is 38.3 Å². The van der Waals surface area contributed by atoms with Gasteiger partial charge in [0.15, 0.2) is 0 Å². The zero-order chi connectivity index (χ0) is 14.7. The standard InChI is InChI=1S/C16H23ClN2O/c1-11(2)7-8-19-15-6-5-13(20-12(3)4)9-14(15)18-16(19)10-17/h5-6,9,11-12H,7-8,10H2,1-4H3. The number of aromatic nitrogens is 2. The Balaban J connectivity index is 2.36. The van der Waals surface area contributed by atoms with E-state index >= 15 is 0 Å². The van der Waals surface area contributed by atoms with E-state index in [1.807, 2.05) is 26.0 Å². The Morgan fingerprint density at radius 1 is 1.25 bits per heavy atom. The van der Waals surface area contributed by atoms with E-state index in [4.69, 9.17) is 16.3 Å². The number of hydrogen-bond acceptors (Lipinski definition) is 2. The summed E-state index contributed by atoms with van der Waals surface area (Å²) in [5, 5.41) is 0. The number of nitrogens with zero attached hydrogens (tertiary/aromatic N) is 2. The molecule has 3 nitrogen and oxygen atoms in total. The van der Waals surface area contributed by atoms with E-state index in [2.05, 4.69) is 29.5 Å². The normalized spacial score (nSPS) is 11.8. The number of aryl methyl sites for hydroxylation is 1. The quantitative estimate of drug-likeness (QED) is 0.728. The molecule has 1 aromatic heterocycles. The van der Waals surface area contributed by atoms with E-state index in [1.165, 1.54) is 0 Å². The van der Waals surface area contributed by atoms with Crippen LogP contribution in [0.4, 0.5) is 0 Å². The number of halogens is 1. The van der Waals surface area contributed by atoms with Crippen molar-refractivity contribution in [3.05, 3.63) is 24.0 Å². The fourth-order valence-electron chi connectivity index (χ4n) is 2.24. The largest absolute Gasteiger partial charge is 0.491 e. The topological polar surface area (TPSA) is 27.1 Å². The predicted octanol–water partition coefficient (Wildman–Crippen LogP) is 4.61. The molecule has 2 aromatic rings. The van der Waals surface area contributed by atoms with E-state index in [-0.39, 0.29) is 6.10 Å². The second-order valence-corrected chi connectivity index (χ2v) is 6.08. The Labute approximate surface area is 125 Å². The van der Waals surface area contributed by atoms with Gasteiger partial charge in [-0.15, -0.1) is 11.6 Å². The Kier molecular flexibility index (Phi) is 4.92. The van der Waals surface area contributed by atoms with Crippen LogP contribution in [0, 0.1) is 5.92 Å². The summed E-state index contributed by atoms with van der Waals surface area (Å²) < 4.78 is 7.94. The molecule has 0 aliphatic heterocycles. The van der Waals surface area contributed by atoms with Crippen molar-refractivity contribution in [2.24, 2.45) is 5.92 Å². The van der Waals surface area contributed by atoms with Crippen LogP contribution in [0.15, 0.2) is 18.2 Å². The van der Waals surface area contributed by atoms with Crippen molar-refractivity contribution in [2.75, 3.05) is 0 Å². The highest BCUT2D eigenvalue weighted by Gasteiger charge is 2.11. The van der Waals surface area contributed by atoms with Gasteiger partial charge >= 0.3 is 0 Å². The summed E-state index contributed by atoms with van der Waals surface area (Å²) in [5.74, 6) is 2.90. The van der Waals surface area contributed by atoms with Crippen molar-refractivity contribution in [1.29, 1.82) is 0 Å². The second-order valence-electron chi connectivity index (χ2n) is 5.81. The lowest BCUT2D eigenvalue weighted by molar-refractivity contribution is 0.242. The van der Waals surface area contributed by atoms with Gasteiger partial charge in [0.25, 0.3) is 0 Å². The maximum absolute atomic E-state index is 6.03. The lowest BCUT2D eigenvalue weighted by Gasteiger charge is -2.11. The van der Waals surface area contributed by atoms with E-state index in [9.17, 15) is 0 Å². The molecule has 0 fully saturated rings. The maximum atomic E-state index is 6.03. The highest BCUT2D eigenvalue weighted by atomic mass is 35.5. The third kappa shape index (κ3) is 3.45. The van der Waals surface area contributed by atoms with Crippen LogP contribution >= 0.6 is 11.6 Å². The number of ether oxygens (including phenoxy) is 1. The number of alkyl halides is 1. The molecule has 0 bridgehead atoms. The fraction of sp³-hybridized carbons (Fsp3) is 0.562. The molecule has 110 valence electrons. The SMILES string of the molecule is CC(C)CCn1c(CCl)nc2cc(OC(C)C)ccc21. The number of imidazole rings is 1. The minimum Gasteiger partial charge on any atom is -0.491 e. The minimum atomic E-state index is 0.169. The van der Waals surface area contributed by atoms with Crippen molar-refractivity contribution in [3.8, 4) is 5.75 Å². The van der Waals surface area contributed by atoms with E-state index in [0.29, 0.717) is 11.8 Å². The van der Waals surface area contributed by atoms with Gasteiger partial charge in [-0.1, -0.05) is 13.8 Å². The minimum absolute atomic E-state index is 0.169. The van der Waals surface area contributed by atoms with Gasteiger partial charge in [0.2, 0.25) is 0 Å². The molecule has 1 aromatic carbocycles. The van der Waals surface area contributed by atoms with Gasteiger partial charge in [0, 0.05) is 12.6 Å². The van der Waals surface area contributed by atoms with Gasteiger partial charge in [-0.3, -0.25) is 0 Å². The van der Waals surface area contributed by atoms with Gasteiger partial charge in [-0.25, -0.2) is 4.98 Å². The van der Waals surface area contributed by atoms with E-state index < -0.39 is 0 Å². The molecule has 4 heteroatoms. The summed E-state index contributed by atoms with van der Waals surface area (Å²) in [7, 11) is 0. The molecule has 0 radical (unpaired) electrons. The molecule has 0 amide bonds. The smallest absolute Gasteiger partial charge is 0.124 e. The number of benzene rings is 1. The van der Waals surface area contributed by atoms with Crippen LogP contribution in [-0.2, 0) is 12.4 Å². The Bertz CT molecular complexity index is 575. The maximum Gasteiger partial charge on any atom is 0.124 e. The van der Waals surface area contributed by atoms with Crippen molar-refractivity contribution in [1.82, 2.24) is 9.55 Å². The first kappa shape index (κ1) is 15.2. The van der Waals surface area contributed by atoms with Crippen LogP contribution in [-0.4, -0.2) is 15.7 Å². The summed E-state index contributed by atoms with van der Waals surface area (Å²) >= 11 is 6.03. The first-order valence-corrected chi connectivity index (χ1v) is 7.76. The molecule has 1 heterocycles. The molecule has 2 rings (SSSR count). The van der Waals surface area contributed by atoms with Gasteiger partial charge in [-0.2, -0.15) is 0 Å². The average molecular weight is 295 g/mol.